The second-order valence-corrected chi connectivity index (χ2v) is 6.90. The van der Waals surface area contributed by atoms with Gasteiger partial charge in [0.25, 0.3) is 0 Å². The van der Waals surface area contributed by atoms with Gasteiger partial charge >= 0.3 is 0 Å². The molecule has 4 rings (SSSR count). The van der Waals surface area contributed by atoms with E-state index in [4.69, 9.17) is 4.74 Å². The van der Waals surface area contributed by atoms with Crippen LogP contribution in [0.4, 0.5) is 0 Å². The molecule has 1 saturated carbocycles. The summed E-state index contributed by atoms with van der Waals surface area (Å²) in [5.41, 5.74) is 3.45. The minimum absolute atomic E-state index is 0.0740. The maximum Gasteiger partial charge on any atom is 0.127 e. The minimum atomic E-state index is -0.463. The summed E-state index contributed by atoms with van der Waals surface area (Å²) >= 11 is 3.46. The van der Waals surface area contributed by atoms with E-state index in [0.717, 1.165) is 27.3 Å². The zero-order valence-electron chi connectivity index (χ0n) is 11.6. The Kier molecular flexibility index (Phi) is 3.27. The summed E-state index contributed by atoms with van der Waals surface area (Å²) in [6, 6.07) is 14.5. The summed E-state index contributed by atoms with van der Waals surface area (Å²) in [6.45, 7) is 0. The molecular weight excluding hydrogens is 328 g/mol. The van der Waals surface area contributed by atoms with E-state index in [0.29, 0.717) is 6.42 Å². The number of aliphatic hydroxyl groups excluding tert-OH is 1. The molecule has 21 heavy (non-hydrogen) atoms. The molecule has 2 nitrogen and oxygen atoms in total. The van der Waals surface area contributed by atoms with Gasteiger partial charge in [0, 0.05) is 16.5 Å². The van der Waals surface area contributed by atoms with Gasteiger partial charge in [-0.25, -0.2) is 0 Å². The third-order valence-corrected chi connectivity index (χ3v) is 4.89. The van der Waals surface area contributed by atoms with Crippen LogP contribution in [-0.2, 0) is 0 Å². The maximum atomic E-state index is 10.3. The van der Waals surface area contributed by atoms with Crippen molar-refractivity contribution in [3.63, 3.8) is 0 Å². The molecule has 2 aliphatic rings. The van der Waals surface area contributed by atoms with E-state index in [1.54, 1.807) is 0 Å². The Labute approximate surface area is 132 Å². The fourth-order valence-electron chi connectivity index (χ4n) is 3.02. The number of halogens is 1. The summed E-state index contributed by atoms with van der Waals surface area (Å²) in [4.78, 5) is 0. The van der Waals surface area contributed by atoms with Gasteiger partial charge in [0.2, 0.25) is 0 Å². The van der Waals surface area contributed by atoms with Gasteiger partial charge in [-0.05, 0) is 42.0 Å². The number of rotatable bonds is 2. The van der Waals surface area contributed by atoms with Crippen molar-refractivity contribution in [2.24, 2.45) is 0 Å². The number of hydrogen-bond donors (Lipinski definition) is 1. The standard InChI is InChI=1S/C18H17BrO2/c19-14-7-8-15-16(20)10-17(21-18(15)9-14)13-5-3-12(4-6-13)11-1-2-11/h3-9,11,16-17,20H,1-2,10H2. The third-order valence-electron chi connectivity index (χ3n) is 4.40. The molecule has 2 atom stereocenters. The smallest absolute Gasteiger partial charge is 0.127 e. The van der Waals surface area contributed by atoms with Crippen LogP contribution in [0.2, 0.25) is 0 Å². The van der Waals surface area contributed by atoms with E-state index < -0.39 is 6.10 Å². The lowest BCUT2D eigenvalue weighted by Crippen LogP contribution is -2.19. The number of aliphatic hydroxyl groups is 1. The summed E-state index contributed by atoms with van der Waals surface area (Å²) in [5.74, 6) is 1.55. The zero-order chi connectivity index (χ0) is 14.4. The Morgan fingerprint density at radius 2 is 1.71 bits per heavy atom. The van der Waals surface area contributed by atoms with Crippen LogP contribution in [0.1, 0.15) is 54.1 Å². The van der Waals surface area contributed by atoms with Crippen LogP contribution in [-0.4, -0.2) is 5.11 Å². The number of hydrogen-bond acceptors (Lipinski definition) is 2. The highest BCUT2D eigenvalue weighted by Gasteiger charge is 2.29. The normalized spacial score (nSPS) is 24.3. The molecule has 0 radical (unpaired) electrons. The lowest BCUT2D eigenvalue weighted by molar-refractivity contribution is 0.0657. The van der Waals surface area contributed by atoms with Gasteiger partial charge < -0.3 is 9.84 Å². The molecule has 2 unspecified atom stereocenters. The fraction of sp³-hybridized carbons (Fsp3) is 0.333. The lowest BCUT2D eigenvalue weighted by atomic mass is 9.94. The van der Waals surface area contributed by atoms with E-state index in [2.05, 4.69) is 40.2 Å². The SMILES string of the molecule is OC1CC(c2ccc(C3CC3)cc2)Oc2cc(Br)ccc21. The van der Waals surface area contributed by atoms with Gasteiger partial charge in [0.05, 0.1) is 6.10 Å². The molecule has 0 aromatic heterocycles. The van der Waals surface area contributed by atoms with Crippen LogP contribution < -0.4 is 4.74 Å². The summed E-state index contributed by atoms with van der Waals surface area (Å²) in [6.07, 6.45) is 2.71. The van der Waals surface area contributed by atoms with Crippen LogP contribution in [0.25, 0.3) is 0 Å². The quantitative estimate of drug-likeness (QED) is 0.840. The van der Waals surface area contributed by atoms with Crippen LogP contribution in [0.5, 0.6) is 5.75 Å². The Morgan fingerprint density at radius 3 is 2.43 bits per heavy atom. The predicted octanol–water partition coefficient (Wildman–Crippen LogP) is 4.88. The zero-order valence-corrected chi connectivity index (χ0v) is 13.2. The Bertz CT molecular complexity index is 661. The molecule has 1 heterocycles. The van der Waals surface area contributed by atoms with Crippen LogP contribution in [0.15, 0.2) is 46.9 Å². The molecule has 1 N–H and O–H groups in total. The molecular formula is C18H17BrO2. The van der Waals surface area contributed by atoms with Crippen molar-refractivity contribution in [2.75, 3.05) is 0 Å². The molecule has 1 aliphatic carbocycles. The van der Waals surface area contributed by atoms with Crippen LogP contribution in [0, 0.1) is 0 Å². The maximum absolute atomic E-state index is 10.3. The Balaban J connectivity index is 1.61. The molecule has 1 fully saturated rings. The van der Waals surface area contributed by atoms with E-state index >= 15 is 0 Å². The second-order valence-electron chi connectivity index (χ2n) is 5.98. The summed E-state index contributed by atoms with van der Waals surface area (Å²) in [7, 11) is 0. The van der Waals surface area contributed by atoms with Crippen molar-refractivity contribution in [3.8, 4) is 5.75 Å². The highest BCUT2D eigenvalue weighted by molar-refractivity contribution is 9.10. The Hall–Kier alpha value is -1.32. The van der Waals surface area contributed by atoms with Gasteiger partial charge in [0.15, 0.2) is 0 Å². The predicted molar refractivity (Wildman–Crippen MR) is 85.5 cm³/mol. The first-order valence-corrected chi connectivity index (χ1v) is 8.24. The molecule has 108 valence electrons. The van der Waals surface area contributed by atoms with Crippen molar-refractivity contribution >= 4 is 15.9 Å². The highest BCUT2D eigenvalue weighted by Crippen LogP contribution is 2.43. The highest BCUT2D eigenvalue weighted by atomic mass is 79.9. The van der Waals surface area contributed by atoms with Gasteiger partial charge in [-0.1, -0.05) is 46.3 Å². The van der Waals surface area contributed by atoms with Gasteiger partial charge in [-0.3, -0.25) is 0 Å². The van der Waals surface area contributed by atoms with Gasteiger partial charge in [0.1, 0.15) is 11.9 Å². The lowest BCUT2D eigenvalue weighted by Gasteiger charge is -2.30. The number of benzene rings is 2. The van der Waals surface area contributed by atoms with E-state index in [9.17, 15) is 5.11 Å². The van der Waals surface area contributed by atoms with Crippen molar-refractivity contribution in [1.29, 1.82) is 0 Å². The monoisotopic (exact) mass is 344 g/mol. The summed E-state index contributed by atoms with van der Waals surface area (Å²) < 4.78 is 7.07. The molecule has 1 aliphatic heterocycles. The van der Waals surface area contributed by atoms with Crippen LogP contribution >= 0.6 is 15.9 Å². The van der Waals surface area contributed by atoms with E-state index in [-0.39, 0.29) is 6.10 Å². The molecule has 0 spiro atoms. The Morgan fingerprint density at radius 1 is 1.00 bits per heavy atom. The van der Waals surface area contributed by atoms with Crippen molar-refractivity contribution in [1.82, 2.24) is 0 Å². The first-order chi connectivity index (χ1) is 10.2. The van der Waals surface area contributed by atoms with Gasteiger partial charge in [-0.15, -0.1) is 0 Å². The molecule has 2 aromatic rings. The molecule has 0 saturated heterocycles. The topological polar surface area (TPSA) is 29.5 Å². The van der Waals surface area contributed by atoms with Crippen molar-refractivity contribution in [2.45, 2.75) is 37.4 Å². The largest absolute Gasteiger partial charge is 0.485 e. The average Bonchev–Trinajstić information content (AvgIpc) is 3.31. The molecule has 0 bridgehead atoms. The van der Waals surface area contributed by atoms with E-state index in [1.165, 1.54) is 18.4 Å². The summed E-state index contributed by atoms with van der Waals surface area (Å²) in [5, 5.41) is 10.3. The number of ether oxygens (including phenoxy) is 1. The molecule has 3 heteroatoms. The first kappa shape index (κ1) is 13.4. The molecule has 2 aromatic carbocycles. The minimum Gasteiger partial charge on any atom is -0.485 e. The van der Waals surface area contributed by atoms with Crippen molar-refractivity contribution < 1.29 is 9.84 Å². The second kappa shape index (κ2) is 5.15. The fourth-order valence-corrected chi connectivity index (χ4v) is 3.36. The molecule has 0 amide bonds. The third kappa shape index (κ3) is 2.60. The average molecular weight is 345 g/mol. The first-order valence-electron chi connectivity index (χ1n) is 7.45. The van der Waals surface area contributed by atoms with Crippen molar-refractivity contribution in [3.05, 3.63) is 63.6 Å². The van der Waals surface area contributed by atoms with E-state index in [1.807, 2.05) is 18.2 Å². The number of fused-ring (bicyclic) bond motifs is 1. The van der Waals surface area contributed by atoms with Crippen LogP contribution in [0.3, 0.4) is 0 Å². The van der Waals surface area contributed by atoms with Gasteiger partial charge in [-0.2, -0.15) is 0 Å².